The summed E-state index contributed by atoms with van der Waals surface area (Å²) >= 11 is 0. The molecule has 0 aromatic heterocycles. The van der Waals surface area contributed by atoms with Crippen molar-refractivity contribution >= 4 is 27.5 Å². The SMILES string of the molecule is CNC(=O)[C@@H](C)N(Cc1ccc(C)cc1)C(=O)CN(c1cc(C)ccc1OC)S(C)(=O)=O. The van der Waals surface area contributed by atoms with Gasteiger partial charge in [-0.15, -0.1) is 0 Å². The van der Waals surface area contributed by atoms with E-state index in [4.69, 9.17) is 4.74 Å². The molecule has 0 spiro atoms. The predicted molar refractivity (Wildman–Crippen MR) is 125 cm³/mol. The van der Waals surface area contributed by atoms with E-state index < -0.39 is 28.5 Å². The predicted octanol–water partition coefficient (Wildman–Crippen LogP) is 2.24. The van der Waals surface area contributed by atoms with Gasteiger partial charge in [0.05, 0.1) is 19.1 Å². The first-order valence-electron chi connectivity index (χ1n) is 10.2. The molecule has 0 unspecified atom stereocenters. The Morgan fingerprint density at radius 2 is 1.66 bits per heavy atom. The minimum atomic E-state index is -3.82. The second-order valence-electron chi connectivity index (χ2n) is 7.74. The molecule has 0 fully saturated rings. The molecule has 1 N–H and O–H groups in total. The smallest absolute Gasteiger partial charge is 0.244 e. The molecule has 0 saturated heterocycles. The van der Waals surface area contributed by atoms with Crippen LogP contribution in [0.5, 0.6) is 5.75 Å². The zero-order chi connectivity index (χ0) is 24.1. The van der Waals surface area contributed by atoms with Crippen LogP contribution in [0.25, 0.3) is 0 Å². The maximum Gasteiger partial charge on any atom is 0.244 e. The van der Waals surface area contributed by atoms with Crippen molar-refractivity contribution in [3.05, 3.63) is 59.2 Å². The van der Waals surface area contributed by atoms with E-state index in [1.807, 2.05) is 38.1 Å². The van der Waals surface area contributed by atoms with Crippen molar-refractivity contribution in [2.24, 2.45) is 0 Å². The van der Waals surface area contributed by atoms with Gasteiger partial charge in [-0.25, -0.2) is 8.42 Å². The van der Waals surface area contributed by atoms with Gasteiger partial charge >= 0.3 is 0 Å². The summed E-state index contributed by atoms with van der Waals surface area (Å²) in [6.07, 6.45) is 1.04. The number of carbonyl (C=O) groups excluding carboxylic acids is 2. The molecule has 0 heterocycles. The highest BCUT2D eigenvalue weighted by Gasteiger charge is 2.30. The van der Waals surface area contributed by atoms with E-state index in [0.29, 0.717) is 5.75 Å². The van der Waals surface area contributed by atoms with Gasteiger partial charge in [-0.3, -0.25) is 13.9 Å². The summed E-state index contributed by atoms with van der Waals surface area (Å²) in [7, 11) is -0.888. The quantitative estimate of drug-likeness (QED) is 0.618. The minimum absolute atomic E-state index is 0.163. The number of amides is 2. The molecule has 8 nitrogen and oxygen atoms in total. The molecular formula is C23H31N3O5S. The molecule has 1 atom stereocenters. The molecule has 2 aromatic carbocycles. The summed E-state index contributed by atoms with van der Waals surface area (Å²) in [5, 5.41) is 2.55. The molecule has 0 saturated carbocycles. The molecular weight excluding hydrogens is 430 g/mol. The molecule has 9 heteroatoms. The van der Waals surface area contributed by atoms with Gasteiger partial charge in [-0.1, -0.05) is 35.9 Å². The first-order chi connectivity index (χ1) is 15.0. The van der Waals surface area contributed by atoms with Crippen molar-refractivity contribution < 1.29 is 22.7 Å². The van der Waals surface area contributed by atoms with Crippen molar-refractivity contribution in [1.82, 2.24) is 10.2 Å². The van der Waals surface area contributed by atoms with Crippen LogP contribution in [0, 0.1) is 13.8 Å². The number of benzene rings is 2. The second kappa shape index (κ2) is 10.5. The van der Waals surface area contributed by atoms with Crippen LogP contribution in [0.15, 0.2) is 42.5 Å². The molecule has 0 aliphatic heterocycles. The highest BCUT2D eigenvalue weighted by molar-refractivity contribution is 7.92. The zero-order valence-corrected chi connectivity index (χ0v) is 20.2. The Morgan fingerprint density at radius 1 is 1.06 bits per heavy atom. The average molecular weight is 462 g/mol. The number of nitrogens with zero attached hydrogens (tertiary/aromatic N) is 2. The Bertz CT molecular complexity index is 1070. The third-order valence-corrected chi connectivity index (χ3v) is 6.30. The van der Waals surface area contributed by atoms with E-state index in [1.165, 1.54) is 19.1 Å². The lowest BCUT2D eigenvalue weighted by Crippen LogP contribution is -2.50. The fraction of sp³-hybridized carbons (Fsp3) is 0.391. The number of likely N-dealkylation sites (N-methyl/N-ethyl adjacent to an activating group) is 1. The summed E-state index contributed by atoms with van der Waals surface area (Å²) in [5.41, 5.74) is 2.99. The molecule has 32 heavy (non-hydrogen) atoms. The van der Waals surface area contributed by atoms with Crippen molar-refractivity contribution in [2.45, 2.75) is 33.4 Å². The number of rotatable bonds is 9. The van der Waals surface area contributed by atoms with Crippen molar-refractivity contribution in [2.75, 3.05) is 31.3 Å². The van der Waals surface area contributed by atoms with E-state index in [9.17, 15) is 18.0 Å². The molecule has 174 valence electrons. The van der Waals surface area contributed by atoms with E-state index in [1.54, 1.807) is 25.1 Å². The summed E-state index contributed by atoms with van der Waals surface area (Å²) in [6.45, 7) is 5.09. The summed E-state index contributed by atoms with van der Waals surface area (Å²) in [6, 6.07) is 11.9. The monoisotopic (exact) mass is 461 g/mol. The summed E-state index contributed by atoms with van der Waals surface area (Å²) in [5.74, 6) is -0.515. The van der Waals surface area contributed by atoms with Gasteiger partial charge < -0.3 is 15.0 Å². The van der Waals surface area contributed by atoms with Crippen LogP contribution < -0.4 is 14.4 Å². The lowest BCUT2D eigenvalue weighted by Gasteiger charge is -2.31. The highest BCUT2D eigenvalue weighted by atomic mass is 32.2. The van der Waals surface area contributed by atoms with Gasteiger partial charge in [0.2, 0.25) is 21.8 Å². The fourth-order valence-corrected chi connectivity index (χ4v) is 4.12. The Hall–Kier alpha value is -3.07. The molecule has 0 radical (unpaired) electrons. The van der Waals surface area contributed by atoms with E-state index in [2.05, 4.69) is 5.32 Å². The Kier molecular flexibility index (Phi) is 8.26. The highest BCUT2D eigenvalue weighted by Crippen LogP contribution is 2.31. The molecule has 2 aromatic rings. The van der Waals surface area contributed by atoms with Crippen molar-refractivity contribution in [3.8, 4) is 5.75 Å². The first-order valence-corrected chi connectivity index (χ1v) is 12.0. The van der Waals surface area contributed by atoms with Gasteiger partial charge in [0, 0.05) is 13.6 Å². The van der Waals surface area contributed by atoms with Crippen LogP contribution in [0.1, 0.15) is 23.6 Å². The van der Waals surface area contributed by atoms with Gasteiger partial charge in [0.25, 0.3) is 0 Å². The number of methoxy groups -OCH3 is 1. The molecule has 0 aliphatic carbocycles. The van der Waals surface area contributed by atoms with Crippen LogP contribution >= 0.6 is 0 Å². The number of aryl methyl sites for hydroxylation is 2. The summed E-state index contributed by atoms with van der Waals surface area (Å²) in [4.78, 5) is 27.1. The van der Waals surface area contributed by atoms with Crippen LogP contribution in [0.4, 0.5) is 5.69 Å². The Morgan fingerprint density at radius 3 is 2.19 bits per heavy atom. The third-order valence-electron chi connectivity index (χ3n) is 5.17. The lowest BCUT2D eigenvalue weighted by atomic mass is 10.1. The lowest BCUT2D eigenvalue weighted by molar-refractivity contribution is -0.139. The number of hydrogen-bond donors (Lipinski definition) is 1. The molecule has 0 aliphatic rings. The Balaban J connectivity index is 2.44. The topological polar surface area (TPSA) is 96.0 Å². The van der Waals surface area contributed by atoms with Gasteiger partial charge in [-0.2, -0.15) is 0 Å². The van der Waals surface area contributed by atoms with E-state index in [-0.39, 0.29) is 18.1 Å². The summed E-state index contributed by atoms with van der Waals surface area (Å²) < 4.78 is 31.6. The molecule has 2 amide bonds. The largest absolute Gasteiger partial charge is 0.495 e. The normalized spacial score (nSPS) is 12.1. The van der Waals surface area contributed by atoms with Gasteiger partial charge in [-0.05, 0) is 44.0 Å². The van der Waals surface area contributed by atoms with Crippen LogP contribution in [-0.4, -0.2) is 58.1 Å². The zero-order valence-electron chi connectivity index (χ0n) is 19.4. The van der Waals surface area contributed by atoms with Crippen LogP contribution in [-0.2, 0) is 26.2 Å². The number of nitrogens with one attached hydrogen (secondary N) is 1. The molecule has 0 bridgehead atoms. The average Bonchev–Trinajstić information content (AvgIpc) is 2.75. The van der Waals surface area contributed by atoms with Gasteiger partial charge in [0.1, 0.15) is 18.3 Å². The van der Waals surface area contributed by atoms with Crippen LogP contribution in [0.2, 0.25) is 0 Å². The number of sulfonamides is 1. The van der Waals surface area contributed by atoms with Crippen LogP contribution in [0.3, 0.4) is 0 Å². The van der Waals surface area contributed by atoms with E-state index >= 15 is 0 Å². The number of ether oxygens (including phenoxy) is 1. The van der Waals surface area contributed by atoms with Gasteiger partial charge in [0.15, 0.2) is 0 Å². The Labute approximate surface area is 190 Å². The number of anilines is 1. The fourth-order valence-electron chi connectivity index (χ4n) is 3.27. The maximum absolute atomic E-state index is 13.4. The first kappa shape index (κ1) is 25.2. The minimum Gasteiger partial charge on any atom is -0.495 e. The second-order valence-corrected chi connectivity index (χ2v) is 9.65. The maximum atomic E-state index is 13.4. The standard InChI is InChI=1S/C23H31N3O5S/c1-16-7-10-19(11-8-16)14-25(18(3)23(28)24-4)22(27)15-26(32(6,29)30)20-13-17(2)9-12-21(20)31-5/h7-13,18H,14-15H2,1-6H3,(H,24,28)/t18-/m1/s1. The number of hydrogen-bond acceptors (Lipinski definition) is 5. The number of carbonyl (C=O) groups is 2. The van der Waals surface area contributed by atoms with Crippen molar-refractivity contribution in [1.29, 1.82) is 0 Å². The third kappa shape index (κ3) is 6.23. The van der Waals surface area contributed by atoms with E-state index in [0.717, 1.165) is 27.3 Å². The molecule has 2 rings (SSSR count). The van der Waals surface area contributed by atoms with Crippen molar-refractivity contribution in [3.63, 3.8) is 0 Å².